The minimum atomic E-state index is -0.717. The normalized spacial score (nSPS) is 10.4. The van der Waals surface area contributed by atoms with Crippen LogP contribution in [0.2, 0.25) is 0 Å². The predicted octanol–water partition coefficient (Wildman–Crippen LogP) is 2.62. The highest BCUT2D eigenvalue weighted by molar-refractivity contribution is 5.95. The van der Waals surface area contributed by atoms with Crippen LogP contribution in [-0.2, 0) is 19.1 Å². The van der Waals surface area contributed by atoms with E-state index in [0.29, 0.717) is 16.9 Å². The number of hydrogen-bond acceptors (Lipinski definition) is 5. The third kappa shape index (κ3) is 5.67. The fourth-order valence-electron chi connectivity index (χ4n) is 1.53. The Morgan fingerprint density at radius 1 is 1.26 bits per heavy atom. The van der Waals surface area contributed by atoms with Crippen molar-refractivity contribution in [1.82, 2.24) is 0 Å². The van der Waals surface area contributed by atoms with Gasteiger partial charge in [0.25, 0.3) is 5.70 Å². The molecule has 0 saturated carbocycles. The summed E-state index contributed by atoms with van der Waals surface area (Å²) in [4.78, 5) is 25.8. The van der Waals surface area contributed by atoms with Gasteiger partial charge in [0.15, 0.2) is 0 Å². The predicted molar refractivity (Wildman–Crippen MR) is 84.3 cm³/mol. The second kappa shape index (κ2) is 9.05. The molecule has 0 aliphatic carbocycles. The Kier molecular flexibility index (Phi) is 7.08. The molecule has 0 aliphatic rings. The molecule has 120 valence electrons. The highest BCUT2D eigenvalue weighted by atomic mass is 16.6. The van der Waals surface area contributed by atoms with E-state index in [-0.39, 0.29) is 18.9 Å². The van der Waals surface area contributed by atoms with Crippen molar-refractivity contribution < 1.29 is 23.8 Å². The van der Waals surface area contributed by atoms with Gasteiger partial charge in [-0.1, -0.05) is 24.8 Å². The first-order valence-electron chi connectivity index (χ1n) is 6.71. The minimum absolute atomic E-state index is 0.0659. The van der Waals surface area contributed by atoms with Crippen molar-refractivity contribution in [3.05, 3.63) is 59.1 Å². The van der Waals surface area contributed by atoms with Crippen molar-refractivity contribution in [1.29, 1.82) is 0 Å². The van der Waals surface area contributed by atoms with E-state index in [0.717, 1.165) is 0 Å². The molecule has 0 atom stereocenters. The highest BCUT2D eigenvalue weighted by Crippen LogP contribution is 2.21. The summed E-state index contributed by atoms with van der Waals surface area (Å²) in [5, 5.41) is 0. The Bertz CT molecular complexity index is 670. The molecule has 0 bridgehead atoms. The zero-order chi connectivity index (χ0) is 17.2. The molecular formula is C17H17NO5. The van der Waals surface area contributed by atoms with E-state index in [1.807, 2.05) is 0 Å². The molecule has 0 fully saturated rings. The Morgan fingerprint density at radius 2 is 1.96 bits per heavy atom. The van der Waals surface area contributed by atoms with Crippen LogP contribution < -0.4 is 4.74 Å². The fraction of sp³-hybridized carbons (Fsp3) is 0.235. The van der Waals surface area contributed by atoms with Crippen molar-refractivity contribution in [2.75, 3.05) is 20.3 Å². The summed E-state index contributed by atoms with van der Waals surface area (Å²) in [6.45, 7) is 12.3. The van der Waals surface area contributed by atoms with E-state index in [1.54, 1.807) is 31.2 Å². The van der Waals surface area contributed by atoms with Crippen LogP contribution in [0.3, 0.4) is 0 Å². The average molecular weight is 315 g/mol. The average Bonchev–Trinajstić information content (AvgIpc) is 2.56. The lowest BCUT2D eigenvalue weighted by Gasteiger charge is -2.10. The van der Waals surface area contributed by atoms with Crippen molar-refractivity contribution in [3.63, 3.8) is 0 Å². The van der Waals surface area contributed by atoms with Crippen LogP contribution >= 0.6 is 0 Å². The first-order valence-corrected chi connectivity index (χ1v) is 6.71. The molecule has 0 aromatic heterocycles. The number of nitrogens with zero attached hydrogens (tertiary/aromatic N) is 1. The Balaban J connectivity index is 2.77. The summed E-state index contributed by atoms with van der Waals surface area (Å²) in [7, 11) is 1.21. The third-order valence-corrected chi connectivity index (χ3v) is 2.65. The van der Waals surface area contributed by atoms with Gasteiger partial charge in [0, 0.05) is 11.1 Å². The molecule has 0 saturated heterocycles. The lowest BCUT2D eigenvalue weighted by molar-refractivity contribution is -0.139. The van der Waals surface area contributed by atoms with Gasteiger partial charge >= 0.3 is 11.9 Å². The largest absolute Gasteiger partial charge is 0.489 e. The smallest absolute Gasteiger partial charge is 0.336 e. The maximum atomic E-state index is 11.4. The monoisotopic (exact) mass is 315 g/mol. The maximum Gasteiger partial charge on any atom is 0.336 e. The molecule has 6 heteroatoms. The van der Waals surface area contributed by atoms with Gasteiger partial charge in [-0.15, -0.1) is 0 Å². The lowest BCUT2D eigenvalue weighted by atomic mass is 10.1. The summed E-state index contributed by atoms with van der Waals surface area (Å²) >= 11 is 0. The van der Waals surface area contributed by atoms with Gasteiger partial charge in [0.05, 0.1) is 13.7 Å². The highest BCUT2D eigenvalue weighted by Gasteiger charge is 2.11. The molecule has 0 radical (unpaired) electrons. The SMILES string of the molecule is [C-]#[N+]C(=Cc1ccccc1OCCOC(=O)C(=C)C)C(=O)OC. The molecule has 0 N–H and O–H groups in total. The van der Waals surface area contributed by atoms with Crippen LogP contribution in [0.25, 0.3) is 10.9 Å². The van der Waals surface area contributed by atoms with Crippen molar-refractivity contribution >= 4 is 18.0 Å². The summed E-state index contributed by atoms with van der Waals surface area (Å²) in [5.41, 5.74) is 0.709. The molecule has 0 amide bonds. The van der Waals surface area contributed by atoms with Gasteiger partial charge < -0.3 is 14.2 Å². The Labute approximate surface area is 134 Å². The van der Waals surface area contributed by atoms with Crippen molar-refractivity contribution in [2.45, 2.75) is 6.92 Å². The van der Waals surface area contributed by atoms with Crippen LogP contribution in [0.4, 0.5) is 0 Å². The molecule has 23 heavy (non-hydrogen) atoms. The van der Waals surface area contributed by atoms with Gasteiger partial charge in [0.2, 0.25) is 0 Å². The number of methoxy groups -OCH3 is 1. The number of carbonyl (C=O) groups excluding carboxylic acids is 2. The second-order valence-corrected chi connectivity index (χ2v) is 4.44. The van der Waals surface area contributed by atoms with Crippen LogP contribution in [0.1, 0.15) is 12.5 Å². The molecule has 0 heterocycles. The van der Waals surface area contributed by atoms with Crippen LogP contribution in [0, 0.1) is 6.57 Å². The van der Waals surface area contributed by atoms with E-state index in [4.69, 9.17) is 16.0 Å². The summed E-state index contributed by atoms with van der Waals surface area (Å²) in [5.74, 6) is -0.739. The molecule has 1 rings (SSSR count). The third-order valence-electron chi connectivity index (χ3n) is 2.65. The maximum absolute atomic E-state index is 11.4. The van der Waals surface area contributed by atoms with Gasteiger partial charge in [-0.05, 0) is 19.1 Å². The first kappa shape index (κ1) is 18.0. The number of hydrogen-bond donors (Lipinski definition) is 0. The number of ether oxygens (including phenoxy) is 3. The van der Waals surface area contributed by atoms with Crippen LogP contribution in [0.15, 0.2) is 42.1 Å². The van der Waals surface area contributed by atoms with Crippen molar-refractivity contribution in [3.8, 4) is 5.75 Å². The topological polar surface area (TPSA) is 66.2 Å². The molecule has 0 unspecified atom stereocenters. The molecule has 6 nitrogen and oxygen atoms in total. The summed E-state index contributed by atoms with van der Waals surface area (Å²) in [6, 6.07) is 6.88. The quantitative estimate of drug-likeness (QED) is 0.335. The van der Waals surface area contributed by atoms with E-state index in [1.165, 1.54) is 13.2 Å². The van der Waals surface area contributed by atoms with E-state index in [2.05, 4.69) is 16.2 Å². The molecule has 1 aromatic carbocycles. The number of para-hydroxylation sites is 1. The molecule has 0 aliphatic heterocycles. The zero-order valence-electron chi connectivity index (χ0n) is 13.0. The van der Waals surface area contributed by atoms with E-state index in [9.17, 15) is 9.59 Å². The number of esters is 2. The van der Waals surface area contributed by atoms with Gasteiger partial charge in [0.1, 0.15) is 19.0 Å². The van der Waals surface area contributed by atoms with E-state index < -0.39 is 11.9 Å². The first-order chi connectivity index (χ1) is 11.0. The number of benzene rings is 1. The van der Waals surface area contributed by atoms with Gasteiger partial charge in [-0.25, -0.2) is 9.64 Å². The number of rotatable bonds is 7. The van der Waals surface area contributed by atoms with Crippen LogP contribution in [-0.4, -0.2) is 32.3 Å². The van der Waals surface area contributed by atoms with Gasteiger partial charge in [-0.2, -0.15) is 0 Å². The molecular weight excluding hydrogens is 298 g/mol. The lowest BCUT2D eigenvalue weighted by Crippen LogP contribution is -2.12. The minimum Gasteiger partial charge on any atom is -0.489 e. The van der Waals surface area contributed by atoms with Gasteiger partial charge in [-0.3, -0.25) is 4.79 Å². The second-order valence-electron chi connectivity index (χ2n) is 4.44. The molecule has 1 aromatic rings. The Morgan fingerprint density at radius 3 is 2.57 bits per heavy atom. The van der Waals surface area contributed by atoms with Crippen molar-refractivity contribution in [2.24, 2.45) is 0 Å². The van der Waals surface area contributed by atoms with Crippen LogP contribution in [0.5, 0.6) is 5.75 Å². The fourth-order valence-corrected chi connectivity index (χ4v) is 1.53. The standard InChI is InChI=1S/C17H17NO5/c1-12(2)16(19)23-10-9-22-15-8-6-5-7-13(15)11-14(18-3)17(20)21-4/h5-8,11H,1,9-10H2,2,4H3. The number of carbonyl (C=O) groups is 2. The summed E-state index contributed by atoms with van der Waals surface area (Å²) < 4.78 is 15.0. The summed E-state index contributed by atoms with van der Waals surface area (Å²) in [6.07, 6.45) is 1.38. The Hall–Kier alpha value is -3.07. The van der Waals surface area contributed by atoms with E-state index >= 15 is 0 Å². The molecule has 0 spiro atoms. The zero-order valence-corrected chi connectivity index (χ0v) is 13.0.